The second-order valence-corrected chi connectivity index (χ2v) is 4.83. The molecule has 0 unspecified atom stereocenters. The van der Waals surface area contributed by atoms with E-state index in [0.29, 0.717) is 17.9 Å². The number of aromatic nitrogens is 2. The van der Waals surface area contributed by atoms with Crippen molar-refractivity contribution in [3.63, 3.8) is 0 Å². The van der Waals surface area contributed by atoms with Crippen molar-refractivity contribution in [3.8, 4) is 0 Å². The van der Waals surface area contributed by atoms with Gasteiger partial charge in [0, 0.05) is 12.1 Å². The van der Waals surface area contributed by atoms with Gasteiger partial charge >= 0.3 is 0 Å². The van der Waals surface area contributed by atoms with Crippen molar-refractivity contribution in [2.45, 2.75) is 13.2 Å². The third kappa shape index (κ3) is 2.51. The van der Waals surface area contributed by atoms with E-state index in [-0.39, 0.29) is 6.61 Å². The monoisotopic (exact) mass is 281 g/mol. The van der Waals surface area contributed by atoms with Crippen LogP contribution in [0.1, 0.15) is 21.7 Å². The van der Waals surface area contributed by atoms with Gasteiger partial charge in [0.2, 0.25) is 5.91 Å². The third-order valence-electron chi connectivity index (χ3n) is 3.43. The molecule has 5 nitrogen and oxygen atoms in total. The van der Waals surface area contributed by atoms with E-state index in [4.69, 9.17) is 5.73 Å². The van der Waals surface area contributed by atoms with E-state index in [1.165, 1.54) is 0 Å². The van der Waals surface area contributed by atoms with Crippen molar-refractivity contribution in [3.05, 3.63) is 65.5 Å². The zero-order valence-corrected chi connectivity index (χ0v) is 11.4. The predicted octanol–water partition coefficient (Wildman–Crippen LogP) is 1.68. The number of hydrogen-bond donors (Lipinski definition) is 2. The van der Waals surface area contributed by atoms with Gasteiger partial charge in [-0.15, -0.1) is 0 Å². The first-order valence-corrected chi connectivity index (χ1v) is 6.63. The fourth-order valence-corrected chi connectivity index (χ4v) is 2.43. The summed E-state index contributed by atoms with van der Waals surface area (Å²) < 4.78 is 1.94. The summed E-state index contributed by atoms with van der Waals surface area (Å²) in [5, 5.41) is 9.48. The van der Waals surface area contributed by atoms with E-state index in [9.17, 15) is 9.90 Å². The minimum absolute atomic E-state index is 0.135. The Morgan fingerprint density at radius 3 is 2.76 bits per heavy atom. The average molecular weight is 281 g/mol. The Labute approximate surface area is 121 Å². The molecule has 0 aliphatic rings. The van der Waals surface area contributed by atoms with Gasteiger partial charge < -0.3 is 15.4 Å². The average Bonchev–Trinajstić information content (AvgIpc) is 2.86. The molecule has 0 atom stereocenters. The Kier molecular flexibility index (Phi) is 3.41. The van der Waals surface area contributed by atoms with Gasteiger partial charge in [0.15, 0.2) is 0 Å². The summed E-state index contributed by atoms with van der Waals surface area (Å²) >= 11 is 0. The Hall–Kier alpha value is -2.66. The van der Waals surface area contributed by atoms with Crippen LogP contribution >= 0.6 is 0 Å². The molecular weight excluding hydrogens is 266 g/mol. The van der Waals surface area contributed by atoms with Crippen molar-refractivity contribution in [2.75, 3.05) is 0 Å². The minimum atomic E-state index is -0.449. The zero-order chi connectivity index (χ0) is 14.8. The van der Waals surface area contributed by atoms with Gasteiger partial charge in [-0.2, -0.15) is 0 Å². The number of para-hydroxylation sites is 2. The van der Waals surface area contributed by atoms with Crippen molar-refractivity contribution < 1.29 is 9.90 Å². The number of nitrogens with zero attached hydrogens (tertiary/aromatic N) is 2. The van der Waals surface area contributed by atoms with Crippen LogP contribution in [0.4, 0.5) is 0 Å². The van der Waals surface area contributed by atoms with Crippen molar-refractivity contribution in [1.82, 2.24) is 9.55 Å². The first kappa shape index (κ1) is 13.3. The molecule has 0 saturated carbocycles. The van der Waals surface area contributed by atoms with Crippen molar-refractivity contribution in [1.29, 1.82) is 0 Å². The molecule has 0 aliphatic heterocycles. The van der Waals surface area contributed by atoms with Gasteiger partial charge in [-0.25, -0.2) is 4.98 Å². The number of rotatable bonds is 4. The van der Waals surface area contributed by atoms with Crippen LogP contribution in [-0.2, 0) is 13.2 Å². The van der Waals surface area contributed by atoms with E-state index < -0.39 is 5.91 Å². The Balaban J connectivity index is 2.05. The molecule has 0 saturated heterocycles. The number of nitrogens with two attached hydrogens (primary N) is 1. The second-order valence-electron chi connectivity index (χ2n) is 4.83. The van der Waals surface area contributed by atoms with Gasteiger partial charge in [-0.1, -0.05) is 24.3 Å². The quantitative estimate of drug-likeness (QED) is 0.763. The number of carbonyl (C=O) groups is 1. The minimum Gasteiger partial charge on any atom is -0.388 e. The van der Waals surface area contributed by atoms with Crippen LogP contribution < -0.4 is 5.73 Å². The summed E-state index contributed by atoms with van der Waals surface area (Å²) in [6.45, 7) is 0.391. The Bertz CT molecular complexity index is 808. The molecule has 1 heterocycles. The highest BCUT2D eigenvalue weighted by molar-refractivity contribution is 5.92. The highest BCUT2D eigenvalue weighted by Crippen LogP contribution is 2.18. The lowest BCUT2D eigenvalue weighted by Crippen LogP contribution is -2.12. The van der Waals surface area contributed by atoms with Gasteiger partial charge in [0.1, 0.15) is 12.4 Å². The normalized spacial score (nSPS) is 10.9. The maximum absolute atomic E-state index is 11.3. The molecule has 0 aliphatic carbocycles. The van der Waals surface area contributed by atoms with Gasteiger partial charge in [-0.05, 0) is 29.8 Å². The van der Waals surface area contributed by atoms with Gasteiger partial charge in [-0.3, -0.25) is 4.79 Å². The van der Waals surface area contributed by atoms with Crippen LogP contribution in [-0.4, -0.2) is 20.6 Å². The number of benzene rings is 2. The highest BCUT2D eigenvalue weighted by atomic mass is 16.3. The lowest BCUT2D eigenvalue weighted by molar-refractivity contribution is 0.1000. The summed E-state index contributed by atoms with van der Waals surface area (Å²) in [7, 11) is 0. The number of aliphatic hydroxyl groups excluding tert-OH is 1. The SMILES string of the molecule is NC(=O)c1cccc(Cn2c(CO)nc3ccccc32)c1. The Morgan fingerprint density at radius 1 is 1.19 bits per heavy atom. The summed E-state index contributed by atoms with van der Waals surface area (Å²) in [4.78, 5) is 15.7. The number of carbonyl (C=O) groups excluding carboxylic acids is 1. The Morgan fingerprint density at radius 2 is 2.00 bits per heavy atom. The van der Waals surface area contributed by atoms with E-state index >= 15 is 0 Å². The molecule has 3 aromatic rings. The largest absolute Gasteiger partial charge is 0.388 e. The van der Waals surface area contributed by atoms with Crippen molar-refractivity contribution >= 4 is 16.9 Å². The summed E-state index contributed by atoms with van der Waals surface area (Å²) in [5.74, 6) is 0.149. The third-order valence-corrected chi connectivity index (χ3v) is 3.43. The lowest BCUT2D eigenvalue weighted by atomic mass is 10.1. The molecule has 3 rings (SSSR count). The molecule has 3 N–H and O–H groups in total. The van der Waals surface area contributed by atoms with Crippen LogP contribution in [0.3, 0.4) is 0 Å². The van der Waals surface area contributed by atoms with Crippen molar-refractivity contribution in [2.24, 2.45) is 5.73 Å². The number of hydrogen-bond acceptors (Lipinski definition) is 3. The molecule has 106 valence electrons. The van der Waals surface area contributed by atoms with E-state index in [1.54, 1.807) is 18.2 Å². The number of amides is 1. The first-order valence-electron chi connectivity index (χ1n) is 6.63. The molecule has 0 bridgehead atoms. The second kappa shape index (κ2) is 5.38. The molecule has 2 aromatic carbocycles. The maximum Gasteiger partial charge on any atom is 0.248 e. The summed E-state index contributed by atoms with van der Waals surface area (Å²) in [6, 6.07) is 14.9. The maximum atomic E-state index is 11.3. The molecule has 1 aromatic heterocycles. The van der Waals surface area contributed by atoms with E-state index in [0.717, 1.165) is 16.6 Å². The smallest absolute Gasteiger partial charge is 0.248 e. The highest BCUT2D eigenvalue weighted by Gasteiger charge is 2.10. The van der Waals surface area contributed by atoms with Crippen LogP contribution in [0.15, 0.2) is 48.5 Å². The number of imidazole rings is 1. The van der Waals surface area contributed by atoms with Crippen LogP contribution in [0.5, 0.6) is 0 Å². The molecule has 1 amide bonds. The lowest BCUT2D eigenvalue weighted by Gasteiger charge is -2.09. The van der Waals surface area contributed by atoms with Crippen LogP contribution in [0, 0.1) is 0 Å². The predicted molar refractivity (Wildman–Crippen MR) is 79.7 cm³/mol. The van der Waals surface area contributed by atoms with E-state index in [1.807, 2.05) is 34.9 Å². The fraction of sp³-hybridized carbons (Fsp3) is 0.125. The topological polar surface area (TPSA) is 81.1 Å². The molecule has 0 radical (unpaired) electrons. The van der Waals surface area contributed by atoms with E-state index in [2.05, 4.69) is 4.98 Å². The fourth-order valence-electron chi connectivity index (χ4n) is 2.43. The first-order chi connectivity index (χ1) is 10.2. The number of primary amides is 1. The van der Waals surface area contributed by atoms with Gasteiger partial charge in [0.25, 0.3) is 0 Å². The van der Waals surface area contributed by atoms with Crippen LogP contribution in [0.25, 0.3) is 11.0 Å². The molecule has 21 heavy (non-hydrogen) atoms. The summed E-state index contributed by atoms with van der Waals surface area (Å²) in [5.41, 5.74) is 8.50. The standard InChI is InChI=1S/C16H15N3O2/c17-16(21)12-5-3-4-11(8-12)9-19-14-7-2-1-6-13(14)18-15(19)10-20/h1-8,20H,9-10H2,(H2,17,21). The zero-order valence-electron chi connectivity index (χ0n) is 11.4. The number of aliphatic hydroxyl groups is 1. The molecule has 0 spiro atoms. The molecule has 5 heteroatoms. The molecular formula is C16H15N3O2. The molecule has 0 fully saturated rings. The van der Waals surface area contributed by atoms with Gasteiger partial charge in [0.05, 0.1) is 11.0 Å². The number of fused-ring (bicyclic) bond motifs is 1. The van der Waals surface area contributed by atoms with Crippen LogP contribution in [0.2, 0.25) is 0 Å². The summed E-state index contributed by atoms with van der Waals surface area (Å²) in [6.07, 6.45) is 0.